The number of urea groups is 1. The number of nitrogens with one attached hydrogen (secondary N) is 2. The summed E-state index contributed by atoms with van der Waals surface area (Å²) in [5.74, 6) is 0. The molecule has 108 valence electrons. The molecular weight excluding hydrogens is 248 g/mol. The second-order valence-electron chi connectivity index (χ2n) is 4.50. The molecule has 20 heavy (non-hydrogen) atoms. The zero-order valence-electron chi connectivity index (χ0n) is 12.6. The molecule has 0 aliphatic carbocycles. The predicted octanol–water partition coefficient (Wildman–Crippen LogP) is 4.01. The van der Waals surface area contributed by atoms with Crippen LogP contribution in [0.25, 0.3) is 0 Å². The lowest BCUT2D eigenvalue weighted by Gasteiger charge is -2.15. The molecule has 0 heterocycles. The number of amides is 2. The fourth-order valence-electron chi connectivity index (χ4n) is 1.39. The van der Waals surface area contributed by atoms with Crippen LogP contribution in [-0.2, 0) is 0 Å². The smallest absolute Gasteiger partial charge is 0.319 e. The molecule has 0 rings (SSSR count). The Morgan fingerprint density at radius 2 is 1.70 bits per heavy atom. The summed E-state index contributed by atoms with van der Waals surface area (Å²) >= 11 is 0. The highest BCUT2D eigenvalue weighted by atomic mass is 16.2. The Bertz CT molecular complexity index is 463. The Kier molecular flexibility index (Phi) is 8.51. The highest BCUT2D eigenvalue weighted by Gasteiger charge is 2.09. The van der Waals surface area contributed by atoms with Crippen LogP contribution in [0, 0.1) is 0 Å². The maximum Gasteiger partial charge on any atom is 0.319 e. The molecule has 0 aliphatic heterocycles. The molecule has 0 aromatic carbocycles. The summed E-state index contributed by atoms with van der Waals surface area (Å²) in [5, 5.41) is 5.56. The zero-order chi connectivity index (χ0) is 15.5. The third-order valence-electron chi connectivity index (χ3n) is 2.47. The molecule has 0 aromatic heterocycles. The lowest BCUT2D eigenvalue weighted by molar-refractivity contribution is 0.242. The van der Waals surface area contributed by atoms with Crippen molar-refractivity contribution in [3.05, 3.63) is 73.0 Å². The Balaban J connectivity index is 4.70. The molecule has 0 spiro atoms. The monoisotopic (exact) mass is 272 g/mol. The molecule has 0 aromatic rings. The fraction of sp³-hybridized carbons (Fsp3) is 0.235. The van der Waals surface area contributed by atoms with E-state index in [-0.39, 0.29) is 12.1 Å². The van der Waals surface area contributed by atoms with Gasteiger partial charge in [0.2, 0.25) is 0 Å². The molecule has 3 nitrogen and oxygen atoms in total. The van der Waals surface area contributed by atoms with Crippen molar-refractivity contribution in [2.24, 2.45) is 0 Å². The van der Waals surface area contributed by atoms with Gasteiger partial charge >= 0.3 is 6.03 Å². The summed E-state index contributed by atoms with van der Waals surface area (Å²) in [4.78, 5) is 11.9. The van der Waals surface area contributed by atoms with Crippen LogP contribution in [0.5, 0.6) is 0 Å². The average Bonchev–Trinajstić information content (AvgIpc) is 2.40. The second kappa shape index (κ2) is 9.62. The molecule has 3 heteroatoms. The quantitative estimate of drug-likeness (QED) is 0.675. The van der Waals surface area contributed by atoms with E-state index in [0.29, 0.717) is 5.70 Å². The first-order valence-electron chi connectivity index (χ1n) is 6.44. The third-order valence-corrected chi connectivity index (χ3v) is 2.47. The van der Waals surface area contributed by atoms with Crippen LogP contribution in [0.3, 0.4) is 0 Å². The third kappa shape index (κ3) is 7.21. The molecule has 0 saturated carbocycles. The fourth-order valence-corrected chi connectivity index (χ4v) is 1.39. The topological polar surface area (TPSA) is 41.1 Å². The Morgan fingerprint density at radius 3 is 2.15 bits per heavy atom. The lowest BCUT2D eigenvalue weighted by atomic mass is 10.1. The van der Waals surface area contributed by atoms with E-state index in [9.17, 15) is 4.79 Å². The van der Waals surface area contributed by atoms with Crippen LogP contribution in [0.15, 0.2) is 73.0 Å². The summed E-state index contributed by atoms with van der Waals surface area (Å²) in [6.07, 6.45) is 10.5. The van der Waals surface area contributed by atoms with Gasteiger partial charge in [-0.3, -0.25) is 0 Å². The van der Waals surface area contributed by atoms with Crippen molar-refractivity contribution in [1.82, 2.24) is 10.6 Å². The van der Waals surface area contributed by atoms with Gasteiger partial charge in [0.25, 0.3) is 0 Å². The normalized spacial score (nSPS) is 12.9. The summed E-state index contributed by atoms with van der Waals surface area (Å²) in [5.41, 5.74) is 2.68. The largest absolute Gasteiger partial charge is 0.331 e. The highest BCUT2D eigenvalue weighted by molar-refractivity contribution is 5.77. The molecule has 0 fully saturated rings. The van der Waals surface area contributed by atoms with E-state index in [1.807, 2.05) is 32.9 Å². The number of hydrogen-bond acceptors (Lipinski definition) is 1. The average molecular weight is 272 g/mol. The second-order valence-corrected chi connectivity index (χ2v) is 4.50. The van der Waals surface area contributed by atoms with Gasteiger partial charge in [0.15, 0.2) is 0 Å². The standard InChI is InChI=1S/C17H24N2O/c1-7-10-15(8-2)14(6)18-17(20)19-16(9-3)12-11-13(4)5/h7-12,14H,1-3H2,4-6H3,(H2,18,19,20)/b15-10+,16-12+. The van der Waals surface area contributed by atoms with E-state index in [4.69, 9.17) is 0 Å². The van der Waals surface area contributed by atoms with Gasteiger partial charge in [0.1, 0.15) is 0 Å². The molecule has 0 radical (unpaired) electrons. The van der Waals surface area contributed by atoms with Crippen molar-refractivity contribution in [2.75, 3.05) is 0 Å². The van der Waals surface area contributed by atoms with Crippen LogP contribution in [0.1, 0.15) is 20.8 Å². The van der Waals surface area contributed by atoms with E-state index in [1.165, 1.54) is 0 Å². The molecule has 1 atom stereocenters. The Labute approximate surface area is 122 Å². The van der Waals surface area contributed by atoms with Crippen LogP contribution in [0.4, 0.5) is 4.79 Å². The lowest BCUT2D eigenvalue weighted by Crippen LogP contribution is -2.40. The molecular formula is C17H24N2O. The van der Waals surface area contributed by atoms with Gasteiger partial charge in [-0.2, -0.15) is 0 Å². The minimum absolute atomic E-state index is 0.153. The molecule has 0 aliphatic rings. The van der Waals surface area contributed by atoms with Crippen molar-refractivity contribution in [3.8, 4) is 0 Å². The van der Waals surface area contributed by atoms with Crippen molar-refractivity contribution in [2.45, 2.75) is 26.8 Å². The van der Waals surface area contributed by atoms with Crippen LogP contribution < -0.4 is 10.6 Å². The van der Waals surface area contributed by atoms with Crippen molar-refractivity contribution in [3.63, 3.8) is 0 Å². The van der Waals surface area contributed by atoms with Crippen molar-refractivity contribution >= 4 is 6.03 Å². The van der Waals surface area contributed by atoms with Gasteiger partial charge in [-0.15, -0.1) is 0 Å². The van der Waals surface area contributed by atoms with Gasteiger partial charge in [-0.25, -0.2) is 4.79 Å². The maximum absolute atomic E-state index is 11.9. The molecule has 2 N–H and O–H groups in total. The van der Waals surface area contributed by atoms with Crippen LogP contribution >= 0.6 is 0 Å². The van der Waals surface area contributed by atoms with Gasteiger partial charge in [-0.1, -0.05) is 49.6 Å². The van der Waals surface area contributed by atoms with E-state index in [2.05, 4.69) is 30.4 Å². The first-order chi connectivity index (χ1) is 9.44. The molecule has 0 saturated heterocycles. The Morgan fingerprint density at radius 1 is 1.05 bits per heavy atom. The number of carbonyl (C=O) groups excluding carboxylic acids is 1. The Hall–Kier alpha value is -2.29. The minimum atomic E-state index is -0.289. The summed E-state index contributed by atoms with van der Waals surface area (Å²) in [6.45, 7) is 16.9. The first kappa shape index (κ1) is 17.7. The van der Waals surface area contributed by atoms with Crippen molar-refractivity contribution in [1.29, 1.82) is 0 Å². The number of carbonyl (C=O) groups is 1. The minimum Gasteiger partial charge on any atom is -0.331 e. The zero-order valence-corrected chi connectivity index (χ0v) is 12.6. The molecule has 0 bridgehead atoms. The van der Waals surface area contributed by atoms with Gasteiger partial charge in [0, 0.05) is 5.70 Å². The van der Waals surface area contributed by atoms with Crippen molar-refractivity contribution < 1.29 is 4.79 Å². The predicted molar refractivity (Wildman–Crippen MR) is 87.3 cm³/mol. The van der Waals surface area contributed by atoms with E-state index in [1.54, 1.807) is 24.3 Å². The van der Waals surface area contributed by atoms with E-state index in [0.717, 1.165) is 11.1 Å². The first-order valence-corrected chi connectivity index (χ1v) is 6.44. The molecule has 2 amide bonds. The van der Waals surface area contributed by atoms with E-state index >= 15 is 0 Å². The van der Waals surface area contributed by atoms with Crippen LogP contribution in [-0.4, -0.2) is 12.1 Å². The van der Waals surface area contributed by atoms with E-state index < -0.39 is 0 Å². The summed E-state index contributed by atoms with van der Waals surface area (Å²) in [6, 6.07) is -0.442. The molecule has 1 unspecified atom stereocenters. The summed E-state index contributed by atoms with van der Waals surface area (Å²) < 4.78 is 0. The summed E-state index contributed by atoms with van der Waals surface area (Å²) in [7, 11) is 0. The van der Waals surface area contributed by atoms with Gasteiger partial charge in [0.05, 0.1) is 6.04 Å². The maximum atomic E-state index is 11.9. The number of allylic oxidation sites excluding steroid dienone is 6. The van der Waals surface area contributed by atoms with Gasteiger partial charge in [-0.05, 0) is 38.5 Å². The number of rotatable bonds is 7. The van der Waals surface area contributed by atoms with Gasteiger partial charge < -0.3 is 10.6 Å². The number of hydrogen-bond donors (Lipinski definition) is 2. The highest BCUT2D eigenvalue weighted by Crippen LogP contribution is 2.03. The SMILES string of the molecule is C=C/C=C(\C=C)C(C)NC(=O)N/C(C=C)=C/C=C(C)C. The van der Waals surface area contributed by atoms with Crippen LogP contribution in [0.2, 0.25) is 0 Å².